The van der Waals surface area contributed by atoms with Crippen molar-refractivity contribution in [3.8, 4) is 11.5 Å². The topological polar surface area (TPSA) is 81.6 Å². The minimum absolute atomic E-state index is 0.186. The van der Waals surface area contributed by atoms with Gasteiger partial charge in [0.2, 0.25) is 0 Å². The minimum atomic E-state index is -0.186. The van der Waals surface area contributed by atoms with E-state index in [4.69, 9.17) is 9.47 Å². The fourth-order valence-electron chi connectivity index (χ4n) is 8.04. The number of hydrogen-bond donors (Lipinski definition) is 4. The summed E-state index contributed by atoms with van der Waals surface area (Å²) in [7, 11) is 0. The largest absolute Gasteiger partial charge is 0.493 e. The second-order valence-electron chi connectivity index (χ2n) is 15.7. The Morgan fingerprint density at radius 3 is 1.18 bits per heavy atom. The lowest BCUT2D eigenvalue weighted by Gasteiger charge is -2.25. The lowest BCUT2D eigenvalue weighted by atomic mass is 9.86. The van der Waals surface area contributed by atoms with Crippen LogP contribution in [0.4, 0.5) is 0 Å². The molecular formula is C43H56N4O2. The van der Waals surface area contributed by atoms with Crippen molar-refractivity contribution in [2.45, 2.75) is 121 Å². The van der Waals surface area contributed by atoms with Gasteiger partial charge in [-0.05, 0) is 127 Å². The van der Waals surface area contributed by atoms with Crippen molar-refractivity contribution < 1.29 is 9.47 Å². The highest BCUT2D eigenvalue weighted by atomic mass is 16.5. The Morgan fingerprint density at radius 2 is 0.816 bits per heavy atom. The van der Waals surface area contributed by atoms with Gasteiger partial charge in [-0.2, -0.15) is 0 Å². The number of aromatic amines is 4. The SMILES string of the molecule is Cc1cc2cc(c1)OCCCCCCC1c3ccc([nH]3)C(C)(C)c3ccc([nH]3)C(CCCCCCO2)c2ccc([nH]2)C(C)(C)c2ccc1[nH]2. The van der Waals surface area contributed by atoms with E-state index in [-0.39, 0.29) is 22.7 Å². The van der Waals surface area contributed by atoms with Gasteiger partial charge in [0.25, 0.3) is 0 Å². The lowest BCUT2D eigenvalue weighted by Crippen LogP contribution is -2.21. The highest BCUT2D eigenvalue weighted by molar-refractivity contribution is 5.41. The Bertz CT molecular complexity index is 1610. The Morgan fingerprint density at radius 1 is 0.469 bits per heavy atom. The van der Waals surface area contributed by atoms with Crippen molar-refractivity contribution in [2.24, 2.45) is 0 Å². The summed E-state index contributed by atoms with van der Waals surface area (Å²) in [5.41, 5.74) is 11.0. The smallest absolute Gasteiger partial charge is 0.123 e. The van der Waals surface area contributed by atoms with Crippen LogP contribution in [0, 0.1) is 6.92 Å². The molecule has 0 amide bonds. The minimum Gasteiger partial charge on any atom is -0.493 e. The molecule has 6 nitrogen and oxygen atoms in total. The second-order valence-corrected chi connectivity index (χ2v) is 15.7. The molecule has 8 rings (SSSR count). The number of nitrogens with one attached hydrogen (secondary N) is 4. The molecule has 12 bridgehead atoms. The van der Waals surface area contributed by atoms with Gasteiger partial charge < -0.3 is 29.4 Å². The van der Waals surface area contributed by atoms with E-state index in [1.165, 1.54) is 64.0 Å². The number of H-pyrrole nitrogens is 4. The van der Waals surface area contributed by atoms with Crippen LogP contribution >= 0.6 is 0 Å². The average molecular weight is 661 g/mol. The van der Waals surface area contributed by atoms with Crippen LogP contribution in [0.1, 0.15) is 155 Å². The molecule has 0 saturated carbocycles. The number of rotatable bonds is 0. The molecule has 6 heteroatoms. The Balaban J connectivity index is 1.24. The van der Waals surface area contributed by atoms with Crippen LogP contribution in [-0.2, 0) is 10.8 Å². The van der Waals surface area contributed by atoms with E-state index in [0.29, 0.717) is 0 Å². The van der Waals surface area contributed by atoms with Gasteiger partial charge in [-0.3, -0.25) is 0 Å². The summed E-state index contributed by atoms with van der Waals surface area (Å²) >= 11 is 0. The first kappa shape index (κ1) is 33.4. The summed E-state index contributed by atoms with van der Waals surface area (Å²) in [5, 5.41) is 0. The monoisotopic (exact) mass is 660 g/mol. The fraction of sp³-hybridized carbons (Fsp3) is 0.488. The van der Waals surface area contributed by atoms with E-state index in [1.54, 1.807) is 0 Å². The van der Waals surface area contributed by atoms with E-state index in [0.717, 1.165) is 76.1 Å². The van der Waals surface area contributed by atoms with Gasteiger partial charge in [0.1, 0.15) is 11.5 Å². The van der Waals surface area contributed by atoms with Crippen molar-refractivity contribution in [2.75, 3.05) is 13.2 Å². The average Bonchev–Trinajstić information content (AvgIpc) is 3.90. The summed E-state index contributed by atoms with van der Waals surface area (Å²) in [6.45, 7) is 12.9. The van der Waals surface area contributed by atoms with Crippen LogP contribution in [0.5, 0.6) is 11.5 Å². The molecule has 0 saturated heterocycles. The number of aryl methyl sites for hydroxylation is 1. The first-order chi connectivity index (χ1) is 23.7. The standard InChI is InChI=1S/C43H56N4O2/c1-29-26-30-28-31(27-29)49-25-13-9-7-11-15-33-35-17-21-39(45-35)42(2,3)38-20-16-34(44-38)32(14-10-6-8-12-24-48-30)36-18-22-40(46-36)43(4,5)41-23-19-37(33)47-41/h16-23,26-28,32-33,44-47H,6-15,24-25H2,1-5H3. The zero-order valence-corrected chi connectivity index (χ0v) is 30.3. The molecule has 49 heavy (non-hydrogen) atoms. The lowest BCUT2D eigenvalue weighted by molar-refractivity contribution is 0.289. The van der Waals surface area contributed by atoms with Gasteiger partial charge in [-0.1, -0.05) is 38.5 Å². The van der Waals surface area contributed by atoms with Gasteiger partial charge in [0, 0.05) is 74.3 Å². The molecule has 260 valence electrons. The summed E-state index contributed by atoms with van der Waals surface area (Å²) in [6, 6.07) is 24.9. The molecule has 0 atom stereocenters. The van der Waals surface area contributed by atoms with E-state index < -0.39 is 0 Å². The van der Waals surface area contributed by atoms with Crippen molar-refractivity contribution in [1.29, 1.82) is 0 Å². The molecular weight excluding hydrogens is 604 g/mol. The third kappa shape index (κ3) is 7.15. The molecule has 1 aromatic carbocycles. The summed E-state index contributed by atoms with van der Waals surface area (Å²) < 4.78 is 12.4. The number of ether oxygens (including phenoxy) is 2. The van der Waals surface area contributed by atoms with Crippen LogP contribution < -0.4 is 9.47 Å². The van der Waals surface area contributed by atoms with Crippen LogP contribution in [-0.4, -0.2) is 33.1 Å². The third-order valence-corrected chi connectivity index (χ3v) is 11.4. The molecule has 0 aliphatic carbocycles. The van der Waals surface area contributed by atoms with Crippen LogP contribution in [0.25, 0.3) is 0 Å². The predicted molar refractivity (Wildman–Crippen MR) is 199 cm³/mol. The van der Waals surface area contributed by atoms with Crippen LogP contribution in [0.15, 0.2) is 66.7 Å². The highest BCUT2D eigenvalue weighted by Gasteiger charge is 2.32. The van der Waals surface area contributed by atoms with Gasteiger partial charge in [0.15, 0.2) is 0 Å². The fourth-order valence-corrected chi connectivity index (χ4v) is 8.04. The summed E-state index contributed by atoms with van der Waals surface area (Å²) in [5.74, 6) is 2.37. The van der Waals surface area contributed by atoms with Gasteiger partial charge in [0.05, 0.1) is 13.2 Å². The van der Waals surface area contributed by atoms with Crippen molar-refractivity contribution in [1.82, 2.24) is 19.9 Å². The maximum Gasteiger partial charge on any atom is 0.123 e. The zero-order chi connectivity index (χ0) is 34.0. The number of hydrogen-bond acceptors (Lipinski definition) is 2. The quantitative estimate of drug-likeness (QED) is 0.133. The molecule has 5 aromatic rings. The second kappa shape index (κ2) is 14.0. The van der Waals surface area contributed by atoms with Crippen LogP contribution in [0.2, 0.25) is 0 Å². The normalized spacial score (nSPS) is 21.7. The number of fused-ring (bicyclic) bond motifs is 12. The van der Waals surface area contributed by atoms with E-state index in [1.807, 2.05) is 0 Å². The van der Waals surface area contributed by atoms with Gasteiger partial charge in [-0.15, -0.1) is 0 Å². The van der Waals surface area contributed by atoms with Gasteiger partial charge in [-0.25, -0.2) is 0 Å². The molecule has 0 unspecified atom stereocenters. The maximum absolute atomic E-state index is 6.20. The summed E-state index contributed by atoms with van der Waals surface area (Å²) in [6.07, 6.45) is 11.2. The maximum atomic E-state index is 6.20. The van der Waals surface area contributed by atoms with Crippen molar-refractivity contribution in [3.05, 3.63) is 118 Å². The molecule has 0 spiro atoms. The highest BCUT2D eigenvalue weighted by Crippen LogP contribution is 2.40. The Labute approximate surface area is 292 Å². The van der Waals surface area contributed by atoms with E-state index >= 15 is 0 Å². The molecule has 3 aliphatic rings. The third-order valence-electron chi connectivity index (χ3n) is 11.4. The molecule has 7 heterocycles. The van der Waals surface area contributed by atoms with Crippen molar-refractivity contribution >= 4 is 0 Å². The van der Waals surface area contributed by atoms with E-state index in [2.05, 4.69) is 121 Å². The molecule has 4 N–H and O–H groups in total. The number of benzene rings is 1. The molecule has 0 fully saturated rings. The van der Waals surface area contributed by atoms with Crippen molar-refractivity contribution in [3.63, 3.8) is 0 Å². The molecule has 3 aliphatic heterocycles. The molecule has 0 radical (unpaired) electrons. The predicted octanol–water partition coefficient (Wildman–Crippen LogP) is 10.9. The first-order valence-electron chi connectivity index (χ1n) is 18.8. The van der Waals surface area contributed by atoms with E-state index in [9.17, 15) is 0 Å². The molecule has 4 aromatic heterocycles. The van der Waals surface area contributed by atoms with Crippen LogP contribution in [0.3, 0.4) is 0 Å². The Hall–Kier alpha value is -4.06. The number of aromatic nitrogens is 4. The zero-order valence-electron chi connectivity index (χ0n) is 30.3. The first-order valence-corrected chi connectivity index (χ1v) is 18.8. The van der Waals surface area contributed by atoms with Gasteiger partial charge >= 0.3 is 0 Å². The summed E-state index contributed by atoms with van der Waals surface area (Å²) in [4.78, 5) is 15.7. The Kier molecular flexibility index (Phi) is 9.59.